The summed E-state index contributed by atoms with van der Waals surface area (Å²) in [6.45, 7) is 0.420. The monoisotopic (exact) mass is 318 g/mol. The summed E-state index contributed by atoms with van der Waals surface area (Å²) in [7, 11) is 0. The first-order chi connectivity index (χ1) is 11.8. The molecule has 2 N–H and O–H groups in total. The molecule has 0 bridgehead atoms. The Balaban J connectivity index is 1.29. The van der Waals surface area contributed by atoms with Crippen LogP contribution in [0.4, 0.5) is 0 Å². The number of benzene rings is 1. The molecule has 1 spiro atoms. The lowest BCUT2D eigenvalue weighted by Gasteiger charge is -2.11. The van der Waals surface area contributed by atoms with Crippen molar-refractivity contribution in [2.75, 3.05) is 0 Å². The highest BCUT2D eigenvalue weighted by Gasteiger charge is 2.61. The number of rotatable bonds is 3. The average Bonchev–Trinajstić information content (AvgIpc) is 3.01. The van der Waals surface area contributed by atoms with E-state index in [9.17, 15) is 4.79 Å². The first-order valence-corrected chi connectivity index (χ1v) is 8.42. The Morgan fingerprint density at radius 2 is 2.21 bits per heavy atom. The molecule has 2 atom stereocenters. The maximum absolute atomic E-state index is 12.6. The van der Waals surface area contributed by atoms with Gasteiger partial charge in [0.1, 0.15) is 5.82 Å². The van der Waals surface area contributed by atoms with E-state index in [1.807, 2.05) is 12.1 Å². The fraction of sp³-hybridized carbons (Fsp3) is 0.316. The molecule has 2 aliphatic rings. The summed E-state index contributed by atoms with van der Waals surface area (Å²) in [5, 5.41) is 3.04. The Morgan fingerprint density at radius 1 is 1.29 bits per heavy atom. The Hall–Kier alpha value is -2.69. The summed E-state index contributed by atoms with van der Waals surface area (Å²) in [6.07, 6.45) is 4.88. The first-order valence-electron chi connectivity index (χ1n) is 8.42. The maximum Gasteiger partial charge on any atom is 0.224 e. The maximum atomic E-state index is 12.6. The molecule has 2 aliphatic carbocycles. The van der Waals surface area contributed by atoms with Gasteiger partial charge in [0.05, 0.1) is 12.1 Å². The third-order valence-electron chi connectivity index (χ3n) is 5.52. The molecule has 2 aromatic heterocycles. The number of carbonyl (C=O) groups excluding carboxylic acids is 1. The fourth-order valence-electron chi connectivity index (χ4n) is 4.21. The van der Waals surface area contributed by atoms with Crippen molar-refractivity contribution in [1.29, 1.82) is 0 Å². The van der Waals surface area contributed by atoms with Crippen molar-refractivity contribution in [3.8, 4) is 0 Å². The number of aromatic nitrogens is 3. The van der Waals surface area contributed by atoms with Crippen LogP contribution in [-0.2, 0) is 23.2 Å². The summed E-state index contributed by atoms with van der Waals surface area (Å²) in [5.41, 5.74) is 4.48. The molecule has 5 nitrogen and oxygen atoms in total. The molecule has 5 heteroatoms. The lowest BCUT2D eigenvalue weighted by Crippen LogP contribution is -2.28. The average molecular weight is 318 g/mol. The van der Waals surface area contributed by atoms with Gasteiger partial charge in [0.25, 0.3) is 0 Å². The van der Waals surface area contributed by atoms with Gasteiger partial charge in [0.15, 0.2) is 5.65 Å². The van der Waals surface area contributed by atoms with Crippen LogP contribution in [0.2, 0.25) is 0 Å². The summed E-state index contributed by atoms with van der Waals surface area (Å²) in [6, 6.07) is 12.4. The topological polar surface area (TPSA) is 70.7 Å². The van der Waals surface area contributed by atoms with Crippen LogP contribution in [0, 0.1) is 5.92 Å². The van der Waals surface area contributed by atoms with Crippen LogP contribution < -0.4 is 5.32 Å². The molecule has 5 rings (SSSR count). The molecule has 1 saturated carbocycles. The zero-order valence-corrected chi connectivity index (χ0v) is 13.2. The molecule has 1 amide bonds. The van der Waals surface area contributed by atoms with Crippen LogP contribution in [0.15, 0.2) is 42.6 Å². The number of imidazole rings is 1. The van der Waals surface area contributed by atoms with E-state index in [4.69, 9.17) is 0 Å². The van der Waals surface area contributed by atoms with Crippen LogP contribution in [0.1, 0.15) is 29.8 Å². The molecule has 0 saturated heterocycles. The van der Waals surface area contributed by atoms with Crippen LogP contribution in [0.25, 0.3) is 11.2 Å². The van der Waals surface area contributed by atoms with E-state index in [0.29, 0.717) is 12.2 Å². The summed E-state index contributed by atoms with van der Waals surface area (Å²) >= 11 is 0. The first kappa shape index (κ1) is 13.7. The van der Waals surface area contributed by atoms with Gasteiger partial charge >= 0.3 is 0 Å². The second-order valence-electron chi connectivity index (χ2n) is 6.85. The number of amides is 1. The smallest absolute Gasteiger partial charge is 0.224 e. The number of aromatic amines is 1. The zero-order valence-electron chi connectivity index (χ0n) is 13.2. The number of hydrogen-bond donors (Lipinski definition) is 2. The second-order valence-corrected chi connectivity index (χ2v) is 6.85. The highest BCUT2D eigenvalue weighted by atomic mass is 16.2. The number of pyridine rings is 1. The summed E-state index contributed by atoms with van der Waals surface area (Å²) in [5.74, 6) is 0.988. The molecule has 0 aliphatic heterocycles. The number of hydrogen-bond acceptors (Lipinski definition) is 3. The minimum atomic E-state index is 0.0934. The van der Waals surface area contributed by atoms with Crippen LogP contribution in [0.3, 0.4) is 0 Å². The van der Waals surface area contributed by atoms with E-state index in [-0.39, 0.29) is 17.2 Å². The van der Waals surface area contributed by atoms with E-state index in [1.165, 1.54) is 11.1 Å². The quantitative estimate of drug-likeness (QED) is 0.779. The lowest BCUT2D eigenvalue weighted by atomic mass is 9.95. The number of carbonyl (C=O) groups is 1. The number of H-pyrrole nitrogens is 1. The van der Waals surface area contributed by atoms with Gasteiger partial charge in [0, 0.05) is 17.5 Å². The predicted molar refractivity (Wildman–Crippen MR) is 90.3 cm³/mol. The largest absolute Gasteiger partial charge is 0.349 e. The molecule has 0 radical (unpaired) electrons. The van der Waals surface area contributed by atoms with Crippen molar-refractivity contribution in [2.24, 2.45) is 5.92 Å². The van der Waals surface area contributed by atoms with E-state index >= 15 is 0 Å². The summed E-state index contributed by atoms with van der Waals surface area (Å²) in [4.78, 5) is 24.4. The molecular weight excluding hydrogens is 300 g/mol. The lowest BCUT2D eigenvalue weighted by molar-refractivity contribution is -0.123. The molecule has 120 valence electrons. The van der Waals surface area contributed by atoms with Crippen molar-refractivity contribution >= 4 is 17.1 Å². The third-order valence-corrected chi connectivity index (χ3v) is 5.52. The van der Waals surface area contributed by atoms with E-state index in [0.717, 1.165) is 30.6 Å². The number of nitrogens with zero attached hydrogens (tertiary/aromatic N) is 2. The fourth-order valence-corrected chi connectivity index (χ4v) is 4.21. The highest BCUT2D eigenvalue weighted by molar-refractivity contribution is 5.85. The second kappa shape index (κ2) is 4.90. The van der Waals surface area contributed by atoms with E-state index < -0.39 is 0 Å². The van der Waals surface area contributed by atoms with Gasteiger partial charge in [-0.2, -0.15) is 0 Å². The molecule has 1 fully saturated rings. The van der Waals surface area contributed by atoms with Crippen molar-refractivity contribution in [3.63, 3.8) is 0 Å². The van der Waals surface area contributed by atoms with Crippen molar-refractivity contribution in [1.82, 2.24) is 20.3 Å². The Kier molecular flexibility index (Phi) is 2.80. The predicted octanol–water partition coefficient (Wildman–Crippen LogP) is 2.48. The molecule has 1 aromatic carbocycles. The zero-order chi connectivity index (χ0) is 16.1. The minimum absolute atomic E-state index is 0.0934. The van der Waals surface area contributed by atoms with Crippen LogP contribution in [-0.4, -0.2) is 20.9 Å². The van der Waals surface area contributed by atoms with Crippen molar-refractivity contribution in [3.05, 3.63) is 59.5 Å². The molecular formula is C19H18N4O. The van der Waals surface area contributed by atoms with Gasteiger partial charge in [-0.15, -0.1) is 0 Å². The highest BCUT2D eigenvalue weighted by Crippen LogP contribution is 2.61. The summed E-state index contributed by atoms with van der Waals surface area (Å²) < 4.78 is 0. The van der Waals surface area contributed by atoms with Crippen LogP contribution in [0.5, 0.6) is 0 Å². The number of aryl methyl sites for hydroxylation is 1. The van der Waals surface area contributed by atoms with E-state index in [2.05, 4.69) is 44.5 Å². The van der Waals surface area contributed by atoms with Gasteiger partial charge in [-0.1, -0.05) is 24.3 Å². The number of fused-ring (bicyclic) bond motifs is 3. The molecule has 0 unspecified atom stereocenters. The SMILES string of the molecule is O=C(NCc1nc2ncccc2[nH]1)[C@@H]1C[C@@]12CCc1ccccc12. The molecule has 3 aromatic rings. The Bertz CT molecular complexity index is 914. The Morgan fingerprint density at radius 3 is 3.12 bits per heavy atom. The van der Waals surface area contributed by atoms with Gasteiger partial charge in [-0.05, 0) is 42.5 Å². The normalized spacial score (nSPS) is 24.2. The van der Waals surface area contributed by atoms with E-state index in [1.54, 1.807) is 6.20 Å². The van der Waals surface area contributed by atoms with Gasteiger partial charge in [0.2, 0.25) is 5.91 Å². The van der Waals surface area contributed by atoms with Crippen molar-refractivity contribution < 1.29 is 4.79 Å². The number of nitrogens with one attached hydrogen (secondary N) is 2. The minimum Gasteiger partial charge on any atom is -0.349 e. The van der Waals surface area contributed by atoms with Gasteiger partial charge in [-0.25, -0.2) is 9.97 Å². The van der Waals surface area contributed by atoms with Gasteiger partial charge < -0.3 is 10.3 Å². The van der Waals surface area contributed by atoms with Gasteiger partial charge in [-0.3, -0.25) is 4.79 Å². The Labute approximate surface area is 139 Å². The standard InChI is InChI=1S/C19H18N4O/c24-18(21-11-16-22-15-6-3-9-20-17(15)23-16)14-10-19(14)8-7-12-4-1-2-5-13(12)19/h1-6,9,14H,7-8,10-11H2,(H,21,24)(H,20,22,23)/t14-,19+/m0/s1. The molecule has 24 heavy (non-hydrogen) atoms. The molecule has 2 heterocycles. The van der Waals surface area contributed by atoms with Crippen LogP contribution >= 0.6 is 0 Å². The third kappa shape index (κ3) is 1.97. The van der Waals surface area contributed by atoms with Crippen molar-refractivity contribution in [2.45, 2.75) is 31.2 Å².